The van der Waals surface area contributed by atoms with E-state index >= 15 is 0 Å². The Morgan fingerprint density at radius 2 is 2.19 bits per heavy atom. The first kappa shape index (κ1) is 15.0. The van der Waals surface area contributed by atoms with E-state index in [1.54, 1.807) is 36.1 Å². The summed E-state index contributed by atoms with van der Waals surface area (Å²) in [4.78, 5) is 12.2. The molecule has 1 N–H and O–H groups in total. The first-order valence-corrected chi connectivity index (χ1v) is 6.88. The van der Waals surface area contributed by atoms with Gasteiger partial charge in [-0.1, -0.05) is 19.1 Å². The van der Waals surface area contributed by atoms with Gasteiger partial charge >= 0.3 is 0 Å². The summed E-state index contributed by atoms with van der Waals surface area (Å²) in [6, 6.07) is 6.03. The Kier molecular flexibility index (Phi) is 4.92. The Balaban J connectivity index is 2.03. The number of hydrogen-bond donors (Lipinski definition) is 1. The molecule has 6 heteroatoms. The van der Waals surface area contributed by atoms with Crippen molar-refractivity contribution in [1.82, 2.24) is 9.78 Å². The van der Waals surface area contributed by atoms with E-state index in [2.05, 4.69) is 10.4 Å². The number of rotatable bonds is 6. The van der Waals surface area contributed by atoms with Crippen molar-refractivity contribution >= 4 is 11.6 Å². The van der Waals surface area contributed by atoms with Crippen LogP contribution >= 0.6 is 0 Å². The van der Waals surface area contributed by atoms with Gasteiger partial charge in [-0.05, 0) is 25.5 Å². The summed E-state index contributed by atoms with van der Waals surface area (Å²) >= 11 is 0. The second-order valence-corrected chi connectivity index (χ2v) is 4.52. The zero-order valence-electron chi connectivity index (χ0n) is 12.0. The van der Waals surface area contributed by atoms with Crippen molar-refractivity contribution in [2.75, 3.05) is 5.32 Å². The average molecular weight is 291 g/mol. The van der Waals surface area contributed by atoms with Gasteiger partial charge in [0, 0.05) is 12.7 Å². The Morgan fingerprint density at radius 1 is 1.43 bits per heavy atom. The van der Waals surface area contributed by atoms with Crippen LogP contribution in [0.2, 0.25) is 0 Å². The lowest BCUT2D eigenvalue weighted by Crippen LogP contribution is -2.32. The minimum Gasteiger partial charge on any atom is -0.478 e. The van der Waals surface area contributed by atoms with E-state index in [4.69, 9.17) is 4.74 Å². The van der Waals surface area contributed by atoms with E-state index < -0.39 is 11.9 Å². The number of nitrogens with zero attached hydrogens (tertiary/aromatic N) is 2. The first-order chi connectivity index (χ1) is 10.1. The van der Waals surface area contributed by atoms with E-state index in [1.165, 1.54) is 12.1 Å². The Labute approximate surface area is 122 Å². The normalized spacial score (nSPS) is 12.0. The molecule has 0 spiro atoms. The van der Waals surface area contributed by atoms with E-state index in [0.717, 1.165) is 6.54 Å². The van der Waals surface area contributed by atoms with E-state index in [1.807, 2.05) is 6.92 Å². The molecule has 0 radical (unpaired) electrons. The lowest BCUT2D eigenvalue weighted by molar-refractivity contribution is -0.122. The van der Waals surface area contributed by atoms with Crippen LogP contribution in [-0.2, 0) is 11.3 Å². The summed E-state index contributed by atoms with van der Waals surface area (Å²) in [5, 5.41) is 6.79. The number of ether oxygens (including phenoxy) is 1. The zero-order chi connectivity index (χ0) is 15.2. The molecule has 1 aromatic carbocycles. The molecule has 0 aliphatic carbocycles. The number of anilines is 1. The van der Waals surface area contributed by atoms with Crippen molar-refractivity contribution in [2.45, 2.75) is 32.9 Å². The van der Waals surface area contributed by atoms with Gasteiger partial charge in [-0.25, -0.2) is 4.39 Å². The molecule has 0 bridgehead atoms. The van der Waals surface area contributed by atoms with Crippen LogP contribution in [-0.4, -0.2) is 21.8 Å². The Morgan fingerprint density at radius 3 is 2.81 bits per heavy atom. The Hall–Kier alpha value is -2.37. The molecule has 0 saturated carbocycles. The molecule has 1 heterocycles. The van der Waals surface area contributed by atoms with Crippen molar-refractivity contribution < 1.29 is 13.9 Å². The molecule has 0 unspecified atom stereocenters. The number of nitrogens with one attached hydrogen (secondary N) is 1. The largest absolute Gasteiger partial charge is 0.478 e. The number of benzene rings is 1. The molecule has 2 rings (SSSR count). The highest BCUT2D eigenvalue weighted by atomic mass is 19.1. The molecule has 2 aromatic rings. The maximum absolute atomic E-state index is 13.6. The molecule has 1 atom stereocenters. The number of aromatic nitrogens is 2. The topological polar surface area (TPSA) is 56.1 Å². The predicted octanol–water partition coefficient (Wildman–Crippen LogP) is 2.84. The van der Waals surface area contributed by atoms with Crippen LogP contribution in [0.25, 0.3) is 0 Å². The van der Waals surface area contributed by atoms with Crippen LogP contribution in [0, 0.1) is 5.82 Å². The summed E-state index contributed by atoms with van der Waals surface area (Å²) in [6.07, 6.45) is 2.97. The van der Waals surface area contributed by atoms with E-state index in [0.29, 0.717) is 12.1 Å². The monoisotopic (exact) mass is 291 g/mol. The van der Waals surface area contributed by atoms with Crippen molar-refractivity contribution in [3.05, 3.63) is 42.5 Å². The molecule has 112 valence electrons. The van der Waals surface area contributed by atoms with Gasteiger partial charge in [0.15, 0.2) is 17.7 Å². The van der Waals surface area contributed by atoms with Crippen molar-refractivity contribution in [1.29, 1.82) is 0 Å². The number of amides is 1. The first-order valence-electron chi connectivity index (χ1n) is 6.88. The fraction of sp³-hybridized carbons (Fsp3) is 0.333. The van der Waals surface area contributed by atoms with Gasteiger partial charge in [-0.2, -0.15) is 5.10 Å². The third-order valence-corrected chi connectivity index (χ3v) is 2.99. The summed E-state index contributed by atoms with van der Waals surface area (Å²) in [5.74, 6) is -0.734. The fourth-order valence-corrected chi connectivity index (χ4v) is 1.84. The number of halogens is 1. The molecular weight excluding hydrogens is 273 g/mol. The highest BCUT2D eigenvalue weighted by molar-refractivity contribution is 5.94. The van der Waals surface area contributed by atoms with Gasteiger partial charge in [-0.3, -0.25) is 9.48 Å². The van der Waals surface area contributed by atoms with Gasteiger partial charge in [0.1, 0.15) is 0 Å². The highest BCUT2D eigenvalue weighted by Crippen LogP contribution is 2.18. The molecule has 0 fully saturated rings. The predicted molar refractivity (Wildman–Crippen MR) is 77.6 cm³/mol. The summed E-state index contributed by atoms with van der Waals surface area (Å²) < 4.78 is 20.7. The second kappa shape index (κ2) is 6.88. The summed E-state index contributed by atoms with van der Waals surface area (Å²) in [7, 11) is 0. The van der Waals surface area contributed by atoms with Gasteiger partial charge in [-0.15, -0.1) is 0 Å². The van der Waals surface area contributed by atoms with Gasteiger partial charge in [0.2, 0.25) is 0 Å². The average Bonchev–Trinajstić information content (AvgIpc) is 2.94. The standard InChI is InChI=1S/C15H18FN3O2/c1-3-13(21-14-8-6-5-7-12(14)16)15(20)18-11-9-17-19(4-2)10-11/h5-10,13H,3-4H2,1-2H3,(H,18,20)/t13-/m0/s1. The van der Waals surface area contributed by atoms with Crippen LogP contribution < -0.4 is 10.1 Å². The van der Waals surface area contributed by atoms with Gasteiger partial charge in [0.05, 0.1) is 11.9 Å². The molecule has 1 amide bonds. The molecule has 0 aliphatic rings. The smallest absolute Gasteiger partial charge is 0.265 e. The van der Waals surface area contributed by atoms with Crippen LogP contribution in [0.3, 0.4) is 0 Å². The molecule has 5 nitrogen and oxygen atoms in total. The quantitative estimate of drug-likeness (QED) is 0.890. The molecule has 0 aliphatic heterocycles. The van der Waals surface area contributed by atoms with Crippen molar-refractivity contribution in [3.63, 3.8) is 0 Å². The summed E-state index contributed by atoms with van der Waals surface area (Å²) in [5.41, 5.74) is 0.595. The molecule has 21 heavy (non-hydrogen) atoms. The van der Waals surface area contributed by atoms with Crippen molar-refractivity contribution in [2.24, 2.45) is 0 Å². The van der Waals surface area contributed by atoms with Crippen LogP contribution in [0.1, 0.15) is 20.3 Å². The third kappa shape index (κ3) is 3.81. The lowest BCUT2D eigenvalue weighted by Gasteiger charge is -2.17. The minimum absolute atomic E-state index is 0.0729. The minimum atomic E-state index is -0.758. The maximum atomic E-state index is 13.6. The van der Waals surface area contributed by atoms with Crippen LogP contribution in [0.5, 0.6) is 5.75 Å². The fourth-order valence-electron chi connectivity index (χ4n) is 1.84. The SMILES string of the molecule is CC[C@H](Oc1ccccc1F)C(=O)Nc1cnn(CC)c1. The zero-order valence-corrected chi connectivity index (χ0v) is 12.0. The second-order valence-electron chi connectivity index (χ2n) is 4.52. The van der Waals surface area contributed by atoms with Gasteiger partial charge < -0.3 is 10.1 Å². The highest BCUT2D eigenvalue weighted by Gasteiger charge is 2.20. The number of aryl methyl sites for hydroxylation is 1. The van der Waals surface area contributed by atoms with E-state index in [9.17, 15) is 9.18 Å². The molecule has 1 aromatic heterocycles. The number of hydrogen-bond acceptors (Lipinski definition) is 3. The van der Waals surface area contributed by atoms with Crippen LogP contribution in [0.4, 0.5) is 10.1 Å². The molecule has 0 saturated heterocycles. The van der Waals surface area contributed by atoms with Gasteiger partial charge in [0.25, 0.3) is 5.91 Å². The molecular formula is C15H18FN3O2. The maximum Gasteiger partial charge on any atom is 0.265 e. The lowest BCUT2D eigenvalue weighted by atomic mass is 10.2. The van der Waals surface area contributed by atoms with Crippen LogP contribution in [0.15, 0.2) is 36.7 Å². The number of carbonyl (C=O) groups is 1. The van der Waals surface area contributed by atoms with E-state index in [-0.39, 0.29) is 11.7 Å². The summed E-state index contributed by atoms with van der Waals surface area (Å²) in [6.45, 7) is 4.48. The van der Waals surface area contributed by atoms with Crippen molar-refractivity contribution in [3.8, 4) is 5.75 Å². The number of carbonyl (C=O) groups excluding carboxylic acids is 1. The Bertz CT molecular complexity index is 612. The third-order valence-electron chi connectivity index (χ3n) is 2.99. The number of para-hydroxylation sites is 1.